The molecule has 0 spiro atoms. The highest BCUT2D eigenvalue weighted by atomic mass is 16.6. The van der Waals surface area contributed by atoms with Crippen LogP contribution in [0.2, 0.25) is 0 Å². The number of hydrogen-bond acceptors (Lipinski definition) is 5. The Bertz CT molecular complexity index is 677. The number of nitro benzene ring substituents is 1. The van der Waals surface area contributed by atoms with Crippen LogP contribution in [0, 0.1) is 15.5 Å². The summed E-state index contributed by atoms with van der Waals surface area (Å²) in [6.07, 6.45) is 0. The summed E-state index contributed by atoms with van der Waals surface area (Å²) < 4.78 is 0. The van der Waals surface area contributed by atoms with Gasteiger partial charge >= 0.3 is 0 Å². The Kier molecular flexibility index (Phi) is 3.31. The molecule has 8 nitrogen and oxygen atoms in total. The average molecular weight is 277 g/mol. The van der Waals surface area contributed by atoms with E-state index in [4.69, 9.17) is 5.73 Å². The van der Waals surface area contributed by atoms with Crippen LogP contribution in [0.5, 0.6) is 0 Å². The molecule has 20 heavy (non-hydrogen) atoms. The highest BCUT2D eigenvalue weighted by Gasteiger charge is 2.25. The zero-order chi connectivity index (χ0) is 14.9. The van der Waals surface area contributed by atoms with Crippen molar-refractivity contribution < 1.29 is 9.72 Å². The number of nitrogens with zero attached hydrogens (tertiary/aromatic N) is 2. The first-order valence-corrected chi connectivity index (χ1v) is 5.97. The zero-order valence-electron chi connectivity index (χ0n) is 11.1. The van der Waals surface area contributed by atoms with Gasteiger partial charge in [-0.25, -0.2) is 4.98 Å². The Hall–Kier alpha value is -2.64. The highest BCUT2D eigenvalue weighted by molar-refractivity contribution is 5.81. The maximum absolute atomic E-state index is 11.2. The van der Waals surface area contributed by atoms with Gasteiger partial charge in [-0.3, -0.25) is 14.9 Å². The van der Waals surface area contributed by atoms with Crippen LogP contribution in [0.15, 0.2) is 18.2 Å². The first-order chi connectivity index (χ1) is 9.29. The second-order valence-electron chi connectivity index (χ2n) is 5.15. The van der Waals surface area contributed by atoms with Crippen molar-refractivity contribution in [2.45, 2.75) is 13.8 Å². The second kappa shape index (κ2) is 4.80. The van der Waals surface area contributed by atoms with Gasteiger partial charge in [-0.05, 0) is 19.9 Å². The molecule has 0 fully saturated rings. The molecule has 0 saturated carbocycles. The zero-order valence-corrected chi connectivity index (χ0v) is 11.1. The number of nitrogens with two attached hydrogens (primary N) is 1. The van der Waals surface area contributed by atoms with Crippen molar-refractivity contribution >= 4 is 28.6 Å². The van der Waals surface area contributed by atoms with E-state index in [1.165, 1.54) is 12.1 Å². The summed E-state index contributed by atoms with van der Waals surface area (Å²) in [6.45, 7) is 3.75. The lowest BCUT2D eigenvalue weighted by Gasteiger charge is -2.20. The number of H-pyrrole nitrogens is 1. The van der Waals surface area contributed by atoms with Crippen LogP contribution in [0.4, 0.5) is 11.6 Å². The van der Waals surface area contributed by atoms with Crippen LogP contribution in [0.1, 0.15) is 13.8 Å². The van der Waals surface area contributed by atoms with Gasteiger partial charge in [-0.2, -0.15) is 0 Å². The van der Waals surface area contributed by atoms with Gasteiger partial charge in [0.2, 0.25) is 11.9 Å². The molecule has 0 radical (unpaired) electrons. The third-order valence-corrected chi connectivity index (χ3v) is 3.04. The molecule has 0 aliphatic rings. The number of aromatic amines is 1. The molecule has 106 valence electrons. The molecule has 1 amide bonds. The van der Waals surface area contributed by atoms with E-state index >= 15 is 0 Å². The molecule has 0 unspecified atom stereocenters. The third-order valence-electron chi connectivity index (χ3n) is 3.04. The number of carbonyl (C=O) groups is 1. The molecule has 1 heterocycles. The molecular weight excluding hydrogens is 262 g/mol. The number of aromatic nitrogens is 2. The molecular formula is C12H15N5O3. The van der Waals surface area contributed by atoms with Crippen molar-refractivity contribution in [1.29, 1.82) is 0 Å². The van der Waals surface area contributed by atoms with Crippen LogP contribution < -0.4 is 11.1 Å². The largest absolute Gasteiger partial charge is 0.369 e. The molecule has 8 heteroatoms. The molecule has 4 N–H and O–H groups in total. The number of imidazole rings is 1. The first kappa shape index (κ1) is 13.8. The number of non-ortho nitro benzene ring substituents is 1. The molecule has 0 aliphatic carbocycles. The number of nitrogens with one attached hydrogen (secondary N) is 2. The predicted molar refractivity (Wildman–Crippen MR) is 74.2 cm³/mol. The van der Waals surface area contributed by atoms with Crippen LogP contribution in [0.3, 0.4) is 0 Å². The van der Waals surface area contributed by atoms with Gasteiger partial charge in [0.1, 0.15) is 0 Å². The fraction of sp³-hybridized carbons (Fsp3) is 0.333. The molecule has 2 rings (SSSR count). The Morgan fingerprint density at radius 1 is 1.55 bits per heavy atom. The maximum Gasteiger partial charge on any atom is 0.271 e. The lowest BCUT2D eigenvalue weighted by atomic mass is 9.93. The number of primary amides is 1. The molecule has 0 saturated heterocycles. The summed E-state index contributed by atoms with van der Waals surface area (Å²) >= 11 is 0. The summed E-state index contributed by atoms with van der Waals surface area (Å²) in [5.74, 6) is 0.0200. The lowest BCUT2D eigenvalue weighted by molar-refractivity contribution is -0.384. The van der Waals surface area contributed by atoms with Crippen molar-refractivity contribution in [1.82, 2.24) is 9.97 Å². The molecule has 0 atom stereocenters. The normalized spacial score (nSPS) is 11.5. The monoisotopic (exact) mass is 277 g/mol. The van der Waals surface area contributed by atoms with Gasteiger partial charge in [0.25, 0.3) is 5.69 Å². The minimum absolute atomic E-state index is 0.00911. The fourth-order valence-electron chi connectivity index (χ4n) is 1.59. The summed E-state index contributed by atoms with van der Waals surface area (Å²) in [5.41, 5.74) is 5.71. The average Bonchev–Trinajstić information content (AvgIpc) is 2.77. The van der Waals surface area contributed by atoms with E-state index in [0.29, 0.717) is 23.5 Å². The number of anilines is 1. The van der Waals surface area contributed by atoms with Gasteiger partial charge in [0.15, 0.2) is 0 Å². The minimum atomic E-state index is -0.717. The molecule has 0 bridgehead atoms. The highest BCUT2D eigenvalue weighted by Crippen LogP contribution is 2.21. The van der Waals surface area contributed by atoms with Crippen molar-refractivity contribution in [3.8, 4) is 0 Å². The van der Waals surface area contributed by atoms with E-state index in [2.05, 4.69) is 15.3 Å². The number of hydrogen-bond donors (Lipinski definition) is 3. The van der Waals surface area contributed by atoms with E-state index in [-0.39, 0.29) is 5.69 Å². The number of carbonyl (C=O) groups excluding carboxylic acids is 1. The van der Waals surface area contributed by atoms with Crippen LogP contribution in [-0.4, -0.2) is 27.3 Å². The van der Waals surface area contributed by atoms with Gasteiger partial charge in [-0.1, -0.05) is 0 Å². The summed E-state index contributed by atoms with van der Waals surface area (Å²) in [7, 11) is 0. The number of rotatable bonds is 5. The first-order valence-electron chi connectivity index (χ1n) is 5.97. The predicted octanol–water partition coefficient (Wildman–Crippen LogP) is 1.39. The van der Waals surface area contributed by atoms with Crippen molar-refractivity contribution in [2.24, 2.45) is 11.1 Å². The van der Waals surface area contributed by atoms with Crippen LogP contribution >= 0.6 is 0 Å². The summed E-state index contributed by atoms with van der Waals surface area (Å²) in [6, 6.07) is 4.36. The minimum Gasteiger partial charge on any atom is -0.369 e. The topological polar surface area (TPSA) is 127 Å². The Morgan fingerprint density at radius 3 is 2.85 bits per heavy atom. The van der Waals surface area contributed by atoms with Crippen LogP contribution in [0.25, 0.3) is 11.0 Å². The van der Waals surface area contributed by atoms with E-state index < -0.39 is 16.2 Å². The van der Waals surface area contributed by atoms with Crippen LogP contribution in [-0.2, 0) is 4.79 Å². The number of amides is 1. The van der Waals surface area contributed by atoms with Gasteiger partial charge < -0.3 is 16.0 Å². The molecule has 1 aromatic heterocycles. The molecule has 1 aromatic carbocycles. The number of benzene rings is 1. The van der Waals surface area contributed by atoms with Gasteiger partial charge in [0.05, 0.1) is 21.4 Å². The van der Waals surface area contributed by atoms with Gasteiger partial charge in [-0.15, -0.1) is 0 Å². The second-order valence-corrected chi connectivity index (χ2v) is 5.15. The Morgan fingerprint density at radius 2 is 2.25 bits per heavy atom. The quantitative estimate of drug-likeness (QED) is 0.562. The van der Waals surface area contributed by atoms with Gasteiger partial charge in [0, 0.05) is 18.7 Å². The van der Waals surface area contributed by atoms with Crippen molar-refractivity contribution in [3.05, 3.63) is 28.3 Å². The Labute approximate surface area is 114 Å². The fourth-order valence-corrected chi connectivity index (χ4v) is 1.59. The van der Waals surface area contributed by atoms with E-state index in [9.17, 15) is 14.9 Å². The van der Waals surface area contributed by atoms with E-state index in [0.717, 1.165) is 0 Å². The maximum atomic E-state index is 11.2. The number of fused-ring (bicyclic) bond motifs is 1. The molecule has 0 aliphatic heterocycles. The Balaban J connectivity index is 2.20. The van der Waals surface area contributed by atoms with Crippen molar-refractivity contribution in [3.63, 3.8) is 0 Å². The van der Waals surface area contributed by atoms with E-state index in [1.807, 2.05) is 0 Å². The summed E-state index contributed by atoms with van der Waals surface area (Å²) in [5, 5.41) is 13.7. The standard InChI is InChI=1S/C12H15N5O3/c1-12(2,10(13)18)6-14-11-15-8-4-3-7(17(19)20)5-9(8)16-11/h3-5H,6H2,1-2H3,(H2,13,18)(H2,14,15,16). The lowest BCUT2D eigenvalue weighted by Crippen LogP contribution is -2.37. The third kappa shape index (κ3) is 2.68. The SMILES string of the molecule is CC(C)(CNc1nc2ccc([N+](=O)[O-])cc2[nH]1)C(N)=O. The van der Waals surface area contributed by atoms with E-state index in [1.54, 1.807) is 19.9 Å². The smallest absolute Gasteiger partial charge is 0.271 e. The van der Waals surface area contributed by atoms with Crippen molar-refractivity contribution in [2.75, 3.05) is 11.9 Å². The number of nitro groups is 1. The molecule has 2 aromatic rings. The summed E-state index contributed by atoms with van der Waals surface area (Å²) in [4.78, 5) is 28.6.